The number of hydrogen-bond donors (Lipinski definition) is 2. The van der Waals surface area contributed by atoms with E-state index in [9.17, 15) is 9.59 Å². The quantitative estimate of drug-likeness (QED) is 0.353. The standard InChI is InChI=1S/C21H17N5O2S2/c1-2-10-26-19(28)15-9-8-14(12-16(15)22-21(26)29)18(27)23-20-25-24-17(30-20)11-13-6-4-3-5-7-13/h2-9,12H,1,10-11H2,(H,22,29)(H,23,25,27). The van der Waals surface area contributed by atoms with E-state index in [0.717, 1.165) is 10.6 Å². The number of aromatic nitrogens is 4. The van der Waals surface area contributed by atoms with E-state index in [1.807, 2.05) is 30.3 Å². The third kappa shape index (κ3) is 4.12. The summed E-state index contributed by atoms with van der Waals surface area (Å²) in [6, 6.07) is 14.7. The average Bonchev–Trinajstić information content (AvgIpc) is 3.18. The Morgan fingerprint density at radius 1 is 1.23 bits per heavy atom. The van der Waals surface area contributed by atoms with E-state index in [-0.39, 0.29) is 16.2 Å². The summed E-state index contributed by atoms with van der Waals surface area (Å²) in [4.78, 5) is 28.2. The van der Waals surface area contributed by atoms with Crippen LogP contribution in [-0.4, -0.2) is 25.7 Å². The lowest BCUT2D eigenvalue weighted by atomic mass is 10.1. The van der Waals surface area contributed by atoms with Gasteiger partial charge in [0.2, 0.25) is 5.13 Å². The molecule has 9 heteroatoms. The van der Waals surface area contributed by atoms with Gasteiger partial charge in [-0.15, -0.1) is 16.8 Å². The summed E-state index contributed by atoms with van der Waals surface area (Å²) in [5, 5.41) is 12.6. The highest BCUT2D eigenvalue weighted by Gasteiger charge is 2.13. The second-order valence-electron chi connectivity index (χ2n) is 6.51. The lowest BCUT2D eigenvalue weighted by Gasteiger charge is -2.07. The molecule has 0 aliphatic carbocycles. The lowest BCUT2D eigenvalue weighted by molar-refractivity contribution is 0.102. The molecule has 0 aliphatic rings. The normalized spacial score (nSPS) is 10.8. The van der Waals surface area contributed by atoms with Crippen LogP contribution < -0.4 is 10.9 Å². The van der Waals surface area contributed by atoms with Crippen LogP contribution in [0.15, 0.2) is 66.0 Å². The van der Waals surface area contributed by atoms with E-state index in [2.05, 4.69) is 27.1 Å². The largest absolute Gasteiger partial charge is 0.332 e. The van der Waals surface area contributed by atoms with Gasteiger partial charge in [0.25, 0.3) is 11.5 Å². The van der Waals surface area contributed by atoms with Crippen molar-refractivity contribution in [3.63, 3.8) is 0 Å². The molecule has 30 heavy (non-hydrogen) atoms. The van der Waals surface area contributed by atoms with Crippen molar-refractivity contribution >= 4 is 45.5 Å². The van der Waals surface area contributed by atoms with Gasteiger partial charge >= 0.3 is 0 Å². The topological polar surface area (TPSA) is 92.7 Å². The van der Waals surface area contributed by atoms with E-state index in [4.69, 9.17) is 12.2 Å². The summed E-state index contributed by atoms with van der Waals surface area (Å²) >= 11 is 6.57. The van der Waals surface area contributed by atoms with Crippen LogP contribution >= 0.6 is 23.6 Å². The summed E-state index contributed by atoms with van der Waals surface area (Å²) in [6.07, 6.45) is 2.25. The fraction of sp³-hybridized carbons (Fsp3) is 0.0952. The van der Waals surface area contributed by atoms with Crippen molar-refractivity contribution in [3.8, 4) is 0 Å². The number of amides is 1. The summed E-state index contributed by atoms with van der Waals surface area (Å²) < 4.78 is 1.69. The van der Waals surface area contributed by atoms with E-state index < -0.39 is 0 Å². The first-order chi connectivity index (χ1) is 14.5. The molecule has 2 heterocycles. The number of carbonyl (C=O) groups excluding carboxylic acids is 1. The molecule has 0 spiro atoms. The number of nitrogens with one attached hydrogen (secondary N) is 2. The molecule has 4 rings (SSSR count). The Morgan fingerprint density at radius 2 is 2.03 bits per heavy atom. The molecular formula is C21H17N5O2S2. The van der Waals surface area contributed by atoms with Crippen molar-refractivity contribution in [1.29, 1.82) is 0 Å². The zero-order valence-electron chi connectivity index (χ0n) is 15.8. The summed E-state index contributed by atoms with van der Waals surface area (Å²) in [5.41, 5.74) is 1.78. The average molecular weight is 436 g/mol. The summed E-state index contributed by atoms with van der Waals surface area (Å²) in [7, 11) is 0. The summed E-state index contributed by atoms with van der Waals surface area (Å²) in [6.45, 7) is 3.95. The number of anilines is 1. The number of nitrogens with zero attached hydrogens (tertiary/aromatic N) is 3. The van der Waals surface area contributed by atoms with E-state index in [0.29, 0.717) is 34.6 Å². The second kappa shape index (κ2) is 8.52. The molecule has 0 saturated heterocycles. The van der Waals surface area contributed by atoms with Crippen molar-refractivity contribution in [1.82, 2.24) is 19.7 Å². The van der Waals surface area contributed by atoms with Crippen LogP contribution in [0.3, 0.4) is 0 Å². The maximum Gasteiger partial charge on any atom is 0.262 e. The molecule has 2 N–H and O–H groups in total. The number of allylic oxidation sites excluding steroid dienone is 1. The molecule has 2 aromatic carbocycles. The fourth-order valence-corrected chi connectivity index (χ4v) is 4.04. The molecule has 0 saturated carbocycles. The van der Waals surface area contributed by atoms with Gasteiger partial charge < -0.3 is 4.98 Å². The van der Waals surface area contributed by atoms with Gasteiger partial charge in [-0.05, 0) is 36.0 Å². The highest BCUT2D eigenvalue weighted by atomic mass is 32.1. The number of fused-ring (bicyclic) bond motifs is 1. The number of aromatic amines is 1. The molecular weight excluding hydrogens is 418 g/mol. The molecule has 0 aliphatic heterocycles. The second-order valence-corrected chi connectivity index (χ2v) is 7.96. The maximum atomic E-state index is 12.7. The smallest absolute Gasteiger partial charge is 0.262 e. The van der Waals surface area contributed by atoms with Gasteiger partial charge in [0.15, 0.2) is 4.77 Å². The van der Waals surface area contributed by atoms with Crippen LogP contribution in [0.2, 0.25) is 0 Å². The third-order valence-corrected chi connectivity index (χ3v) is 5.60. The minimum Gasteiger partial charge on any atom is -0.332 e. The predicted octanol–water partition coefficient (Wildman–Crippen LogP) is 3.94. The highest BCUT2D eigenvalue weighted by molar-refractivity contribution is 7.71. The molecule has 4 aromatic rings. The molecule has 0 radical (unpaired) electrons. The molecule has 1 amide bonds. The number of benzene rings is 2. The van der Waals surface area contributed by atoms with Crippen LogP contribution in [0.4, 0.5) is 5.13 Å². The highest BCUT2D eigenvalue weighted by Crippen LogP contribution is 2.20. The van der Waals surface area contributed by atoms with Gasteiger partial charge in [0.05, 0.1) is 10.9 Å². The Labute approximate surface area is 180 Å². The zero-order chi connectivity index (χ0) is 21.1. The molecule has 0 atom stereocenters. The van der Waals surface area contributed by atoms with Gasteiger partial charge in [-0.2, -0.15) is 0 Å². The Balaban J connectivity index is 1.55. The van der Waals surface area contributed by atoms with Crippen molar-refractivity contribution in [2.75, 3.05) is 5.32 Å². The molecule has 2 aromatic heterocycles. The predicted molar refractivity (Wildman–Crippen MR) is 121 cm³/mol. The van der Waals surface area contributed by atoms with Crippen LogP contribution in [0.5, 0.6) is 0 Å². The van der Waals surface area contributed by atoms with Gasteiger partial charge in [-0.3, -0.25) is 19.5 Å². The van der Waals surface area contributed by atoms with Crippen molar-refractivity contribution < 1.29 is 4.79 Å². The van der Waals surface area contributed by atoms with Gasteiger partial charge in [0, 0.05) is 18.5 Å². The number of H-pyrrole nitrogens is 1. The van der Waals surface area contributed by atoms with E-state index in [1.165, 1.54) is 15.9 Å². The van der Waals surface area contributed by atoms with Crippen molar-refractivity contribution in [2.24, 2.45) is 0 Å². The summed E-state index contributed by atoms with van der Waals surface area (Å²) in [5.74, 6) is -0.339. The van der Waals surface area contributed by atoms with Gasteiger partial charge in [-0.25, -0.2) is 0 Å². The molecule has 0 unspecified atom stereocenters. The minimum atomic E-state index is -0.339. The fourth-order valence-electron chi connectivity index (χ4n) is 3.01. The third-order valence-electron chi connectivity index (χ3n) is 4.44. The number of hydrogen-bond acceptors (Lipinski definition) is 6. The first-order valence-corrected chi connectivity index (χ1v) is 10.3. The van der Waals surface area contributed by atoms with Crippen LogP contribution in [0.25, 0.3) is 10.9 Å². The zero-order valence-corrected chi connectivity index (χ0v) is 17.4. The molecule has 0 fully saturated rings. The molecule has 0 bridgehead atoms. The van der Waals surface area contributed by atoms with Gasteiger partial charge in [0.1, 0.15) is 5.01 Å². The first-order valence-electron chi connectivity index (χ1n) is 9.10. The Bertz CT molecular complexity index is 1360. The van der Waals surface area contributed by atoms with E-state index in [1.54, 1.807) is 24.3 Å². The SMILES string of the molecule is C=CCn1c(=S)[nH]c2cc(C(=O)Nc3nnc(Cc4ccccc4)s3)ccc2c1=O. The van der Waals surface area contributed by atoms with Crippen molar-refractivity contribution in [3.05, 3.63) is 92.4 Å². The Kier molecular flexibility index (Phi) is 5.64. The van der Waals surface area contributed by atoms with Crippen molar-refractivity contribution in [2.45, 2.75) is 13.0 Å². The first kappa shape index (κ1) is 19.9. The Hall–Kier alpha value is -3.43. The monoisotopic (exact) mass is 435 g/mol. The van der Waals surface area contributed by atoms with Crippen LogP contribution in [0.1, 0.15) is 20.9 Å². The van der Waals surface area contributed by atoms with E-state index >= 15 is 0 Å². The molecule has 150 valence electrons. The van der Waals surface area contributed by atoms with Gasteiger partial charge in [-0.1, -0.05) is 47.7 Å². The number of carbonyl (C=O) groups is 1. The molecule has 7 nitrogen and oxygen atoms in total. The number of rotatable bonds is 6. The van der Waals surface area contributed by atoms with Crippen LogP contribution in [0, 0.1) is 4.77 Å². The van der Waals surface area contributed by atoms with Crippen LogP contribution in [-0.2, 0) is 13.0 Å². The lowest BCUT2D eigenvalue weighted by Crippen LogP contribution is -2.22. The maximum absolute atomic E-state index is 12.7. The minimum absolute atomic E-state index is 0.227. The Morgan fingerprint density at radius 3 is 2.80 bits per heavy atom.